The number of nitrogens with zero attached hydrogens (tertiary/aromatic N) is 1. The number of benzene rings is 2. The molecule has 5 nitrogen and oxygen atoms in total. The van der Waals surface area contributed by atoms with Crippen LogP contribution in [-0.4, -0.2) is 17.7 Å². The number of para-hydroxylation sites is 1. The fourth-order valence-electron chi connectivity index (χ4n) is 2.37. The van der Waals surface area contributed by atoms with Crippen LogP contribution in [0.5, 0.6) is 5.75 Å². The molecule has 5 heteroatoms. The Morgan fingerprint density at radius 3 is 2.64 bits per heavy atom. The maximum absolute atomic E-state index is 12.3. The van der Waals surface area contributed by atoms with Crippen LogP contribution >= 0.6 is 0 Å². The molecule has 0 radical (unpaired) electrons. The SMILES string of the molecule is CCOc1ccccc1C(=O)OCc1cc(-c2ccc(C)cc2)on1. The highest BCUT2D eigenvalue weighted by Gasteiger charge is 2.15. The quantitative estimate of drug-likeness (QED) is 0.624. The van der Waals surface area contributed by atoms with E-state index < -0.39 is 5.97 Å². The Morgan fingerprint density at radius 2 is 1.88 bits per heavy atom. The van der Waals surface area contributed by atoms with E-state index in [0.717, 1.165) is 5.56 Å². The number of aryl methyl sites for hydroxylation is 1. The van der Waals surface area contributed by atoms with Gasteiger partial charge in [-0.1, -0.05) is 47.1 Å². The molecule has 3 aromatic rings. The number of esters is 1. The molecule has 2 aromatic carbocycles. The first-order valence-corrected chi connectivity index (χ1v) is 8.09. The van der Waals surface area contributed by atoms with Gasteiger partial charge in [0.2, 0.25) is 0 Å². The predicted octanol–water partition coefficient (Wildman–Crippen LogP) is 4.41. The van der Waals surface area contributed by atoms with Gasteiger partial charge in [0.15, 0.2) is 5.76 Å². The molecule has 3 rings (SSSR count). The van der Waals surface area contributed by atoms with Crippen LogP contribution in [0.4, 0.5) is 0 Å². The first-order valence-electron chi connectivity index (χ1n) is 8.09. The van der Waals surface area contributed by atoms with Crippen molar-refractivity contribution in [2.75, 3.05) is 6.61 Å². The van der Waals surface area contributed by atoms with Gasteiger partial charge in [0.25, 0.3) is 0 Å². The summed E-state index contributed by atoms with van der Waals surface area (Å²) in [5.74, 6) is 0.695. The third kappa shape index (κ3) is 4.07. The molecule has 1 aromatic heterocycles. The van der Waals surface area contributed by atoms with E-state index in [1.807, 2.05) is 44.2 Å². The summed E-state index contributed by atoms with van der Waals surface area (Å²) in [7, 11) is 0. The van der Waals surface area contributed by atoms with Crippen molar-refractivity contribution < 1.29 is 18.8 Å². The molecule has 0 aliphatic carbocycles. The standard InChI is InChI=1S/C20H19NO4/c1-3-23-18-7-5-4-6-17(18)20(22)24-13-16-12-19(25-21-16)15-10-8-14(2)9-11-15/h4-12H,3,13H2,1-2H3. The highest BCUT2D eigenvalue weighted by molar-refractivity contribution is 5.92. The molecule has 0 aliphatic rings. The summed E-state index contributed by atoms with van der Waals surface area (Å²) in [5, 5.41) is 3.96. The van der Waals surface area contributed by atoms with E-state index in [2.05, 4.69) is 5.16 Å². The number of aromatic nitrogens is 1. The Labute approximate surface area is 146 Å². The van der Waals surface area contributed by atoms with Crippen molar-refractivity contribution in [1.82, 2.24) is 5.16 Å². The van der Waals surface area contributed by atoms with Gasteiger partial charge in [0.1, 0.15) is 23.6 Å². The van der Waals surface area contributed by atoms with Gasteiger partial charge in [-0.3, -0.25) is 0 Å². The molecule has 0 fully saturated rings. The summed E-state index contributed by atoms with van der Waals surface area (Å²) in [6.45, 7) is 4.40. The van der Waals surface area contributed by atoms with Crippen molar-refractivity contribution in [2.45, 2.75) is 20.5 Å². The molecule has 0 aliphatic heterocycles. The van der Waals surface area contributed by atoms with Crippen LogP contribution in [-0.2, 0) is 11.3 Å². The largest absolute Gasteiger partial charge is 0.493 e. The van der Waals surface area contributed by atoms with Crippen LogP contribution < -0.4 is 4.74 Å². The number of hydrogen-bond acceptors (Lipinski definition) is 5. The van der Waals surface area contributed by atoms with Crippen LogP contribution in [0.3, 0.4) is 0 Å². The summed E-state index contributed by atoms with van der Waals surface area (Å²) in [5.41, 5.74) is 3.05. The van der Waals surface area contributed by atoms with Gasteiger partial charge in [0, 0.05) is 11.6 Å². The highest BCUT2D eigenvalue weighted by atomic mass is 16.5. The van der Waals surface area contributed by atoms with Crippen molar-refractivity contribution in [1.29, 1.82) is 0 Å². The van der Waals surface area contributed by atoms with Gasteiger partial charge >= 0.3 is 5.97 Å². The minimum Gasteiger partial charge on any atom is -0.493 e. The van der Waals surface area contributed by atoms with Crippen LogP contribution in [0.25, 0.3) is 11.3 Å². The summed E-state index contributed by atoms with van der Waals surface area (Å²) in [6, 6.07) is 16.7. The Morgan fingerprint density at radius 1 is 1.12 bits per heavy atom. The molecule has 0 spiro atoms. The molecule has 0 saturated carbocycles. The predicted molar refractivity (Wildman–Crippen MR) is 93.4 cm³/mol. The topological polar surface area (TPSA) is 61.6 Å². The van der Waals surface area contributed by atoms with Crippen molar-refractivity contribution in [2.24, 2.45) is 0 Å². The Balaban J connectivity index is 1.66. The number of carbonyl (C=O) groups is 1. The molecule has 0 saturated heterocycles. The van der Waals surface area contributed by atoms with Crippen molar-refractivity contribution in [3.05, 3.63) is 71.4 Å². The molecular weight excluding hydrogens is 318 g/mol. The zero-order chi connectivity index (χ0) is 17.6. The molecule has 0 bridgehead atoms. The normalized spacial score (nSPS) is 10.5. The molecule has 128 valence electrons. The van der Waals surface area contributed by atoms with Gasteiger partial charge in [-0.25, -0.2) is 4.79 Å². The van der Waals surface area contributed by atoms with Crippen molar-refractivity contribution >= 4 is 5.97 Å². The fraction of sp³-hybridized carbons (Fsp3) is 0.200. The monoisotopic (exact) mass is 337 g/mol. The lowest BCUT2D eigenvalue weighted by Crippen LogP contribution is -2.08. The minimum absolute atomic E-state index is 0.0364. The number of carbonyl (C=O) groups excluding carboxylic acids is 1. The molecular formula is C20H19NO4. The number of rotatable bonds is 6. The van der Waals surface area contributed by atoms with Gasteiger partial charge in [-0.2, -0.15) is 0 Å². The second-order valence-corrected chi connectivity index (χ2v) is 5.55. The molecule has 0 amide bonds. The van der Waals surface area contributed by atoms with Crippen LogP contribution in [0.2, 0.25) is 0 Å². The van der Waals surface area contributed by atoms with Crippen LogP contribution in [0, 0.1) is 6.92 Å². The maximum Gasteiger partial charge on any atom is 0.342 e. The van der Waals surface area contributed by atoms with E-state index in [9.17, 15) is 4.79 Å². The average Bonchev–Trinajstić information content (AvgIpc) is 3.10. The average molecular weight is 337 g/mol. The zero-order valence-electron chi connectivity index (χ0n) is 14.2. The Bertz CT molecular complexity index is 852. The molecule has 0 atom stereocenters. The van der Waals surface area contributed by atoms with E-state index >= 15 is 0 Å². The lowest BCUT2D eigenvalue weighted by atomic mass is 10.1. The number of ether oxygens (including phenoxy) is 2. The highest BCUT2D eigenvalue weighted by Crippen LogP contribution is 2.22. The Hall–Kier alpha value is -3.08. The van der Waals surface area contributed by atoms with E-state index in [-0.39, 0.29) is 6.61 Å². The summed E-state index contributed by atoms with van der Waals surface area (Å²) >= 11 is 0. The third-order valence-corrected chi connectivity index (χ3v) is 3.65. The maximum atomic E-state index is 12.3. The molecule has 1 heterocycles. The van der Waals surface area contributed by atoms with E-state index in [4.69, 9.17) is 14.0 Å². The summed E-state index contributed by atoms with van der Waals surface area (Å²) in [4.78, 5) is 12.3. The van der Waals surface area contributed by atoms with Gasteiger partial charge in [-0.05, 0) is 26.0 Å². The summed E-state index contributed by atoms with van der Waals surface area (Å²) < 4.78 is 16.1. The fourth-order valence-corrected chi connectivity index (χ4v) is 2.37. The first-order chi connectivity index (χ1) is 12.2. The van der Waals surface area contributed by atoms with Crippen molar-refractivity contribution in [3.8, 4) is 17.1 Å². The smallest absolute Gasteiger partial charge is 0.342 e. The van der Waals surface area contributed by atoms with Crippen LogP contribution in [0.1, 0.15) is 28.5 Å². The molecule has 0 N–H and O–H groups in total. The van der Waals surface area contributed by atoms with Crippen molar-refractivity contribution in [3.63, 3.8) is 0 Å². The molecule has 25 heavy (non-hydrogen) atoms. The first kappa shape index (κ1) is 16.8. The van der Waals surface area contributed by atoms with E-state index in [0.29, 0.717) is 29.4 Å². The van der Waals surface area contributed by atoms with Gasteiger partial charge < -0.3 is 14.0 Å². The third-order valence-electron chi connectivity index (χ3n) is 3.65. The lowest BCUT2D eigenvalue weighted by molar-refractivity contribution is 0.0460. The van der Waals surface area contributed by atoms with E-state index in [1.165, 1.54) is 5.56 Å². The van der Waals surface area contributed by atoms with Gasteiger partial charge in [-0.15, -0.1) is 0 Å². The summed E-state index contributed by atoms with van der Waals surface area (Å²) in [6.07, 6.45) is 0. The molecule has 0 unspecified atom stereocenters. The minimum atomic E-state index is -0.455. The van der Waals surface area contributed by atoms with Crippen LogP contribution in [0.15, 0.2) is 59.1 Å². The Kier molecular flexibility index (Phi) is 5.14. The zero-order valence-corrected chi connectivity index (χ0v) is 14.2. The van der Waals surface area contributed by atoms with Gasteiger partial charge in [0.05, 0.1) is 6.61 Å². The second-order valence-electron chi connectivity index (χ2n) is 5.55. The lowest BCUT2D eigenvalue weighted by Gasteiger charge is -2.08. The number of hydrogen-bond donors (Lipinski definition) is 0. The van der Waals surface area contributed by atoms with E-state index in [1.54, 1.807) is 24.3 Å². The second kappa shape index (κ2) is 7.66.